The minimum atomic E-state index is 0.274. The Morgan fingerprint density at radius 3 is 1.77 bits per heavy atom. The van der Waals surface area contributed by atoms with Crippen LogP contribution in [-0.4, -0.2) is 4.75 Å². The first-order valence-electron chi connectivity index (χ1n) is 16.5. The van der Waals surface area contributed by atoms with Crippen molar-refractivity contribution in [3.63, 3.8) is 0 Å². The smallest absolute Gasteiger partial charge is 0.0617 e. The summed E-state index contributed by atoms with van der Waals surface area (Å²) < 4.78 is 1.67. The van der Waals surface area contributed by atoms with Gasteiger partial charge in [0.1, 0.15) is 0 Å². The lowest BCUT2D eigenvalue weighted by Crippen LogP contribution is -2.13. The van der Waals surface area contributed by atoms with E-state index in [-0.39, 0.29) is 4.75 Å². The molecule has 1 aromatic carbocycles. The Morgan fingerprint density at radius 2 is 1.21 bits per heavy atom. The Hall–Kier alpha value is -0.930. The Balaban J connectivity index is 1.68. The van der Waals surface area contributed by atoms with Gasteiger partial charge in [0.25, 0.3) is 0 Å². The zero-order valence-electron chi connectivity index (χ0n) is 26.1. The molecule has 0 unspecified atom stereocenters. The third kappa shape index (κ3) is 15.6. The van der Waals surface area contributed by atoms with Crippen molar-refractivity contribution in [3.8, 4) is 11.1 Å². The molecule has 2 rings (SSSR count). The van der Waals surface area contributed by atoms with Crippen molar-refractivity contribution in [3.05, 3.63) is 35.2 Å². The highest BCUT2D eigenvalue weighted by atomic mass is 32.2. The van der Waals surface area contributed by atoms with Crippen LogP contribution in [0.2, 0.25) is 0 Å². The first-order chi connectivity index (χ1) is 18.9. The summed E-state index contributed by atoms with van der Waals surface area (Å²) in [5.41, 5.74) is 11.0. The quantitative estimate of drug-likeness (QED) is 0.0771. The van der Waals surface area contributed by atoms with Crippen LogP contribution in [0.15, 0.2) is 28.5 Å². The first-order valence-corrected chi connectivity index (χ1v) is 18.2. The van der Waals surface area contributed by atoms with Gasteiger partial charge in [0.05, 0.1) is 9.59 Å². The maximum atomic E-state index is 6.17. The molecule has 0 fully saturated rings. The second kappa shape index (κ2) is 20.9. The van der Waals surface area contributed by atoms with Gasteiger partial charge in [0.2, 0.25) is 0 Å². The third-order valence-electron chi connectivity index (χ3n) is 8.00. The van der Waals surface area contributed by atoms with Gasteiger partial charge in [-0.2, -0.15) is 0 Å². The fourth-order valence-corrected chi connectivity index (χ4v) is 8.03. The van der Waals surface area contributed by atoms with Gasteiger partial charge in [0, 0.05) is 16.0 Å². The van der Waals surface area contributed by atoms with Gasteiger partial charge in [-0.1, -0.05) is 149 Å². The number of hydrogen-bond acceptors (Lipinski definition) is 3. The minimum absolute atomic E-state index is 0.274. The minimum Gasteiger partial charge on any atom is -0.399 e. The summed E-state index contributed by atoms with van der Waals surface area (Å²) in [4.78, 5) is 0. The number of hydrogen-bond donors (Lipinski definition) is 1. The van der Waals surface area contributed by atoms with Crippen LogP contribution >= 0.6 is 23.1 Å². The van der Waals surface area contributed by atoms with E-state index in [1.54, 1.807) is 11.3 Å². The van der Waals surface area contributed by atoms with Gasteiger partial charge in [-0.25, -0.2) is 0 Å². The van der Waals surface area contributed by atoms with Gasteiger partial charge >= 0.3 is 0 Å². The Bertz CT molecular complexity index is 869. The first kappa shape index (κ1) is 34.3. The fourth-order valence-electron chi connectivity index (χ4n) is 5.54. The molecular formula is C36H60NS2. The highest BCUT2D eigenvalue weighted by Crippen LogP contribution is 2.42. The molecular weight excluding hydrogens is 511 g/mol. The van der Waals surface area contributed by atoms with Crippen LogP contribution in [0.25, 0.3) is 11.1 Å². The molecule has 0 saturated carbocycles. The number of benzene rings is 1. The topological polar surface area (TPSA) is 26.0 Å². The summed E-state index contributed by atoms with van der Waals surface area (Å²) in [6, 6.07) is 8.83. The van der Waals surface area contributed by atoms with E-state index >= 15 is 0 Å². The lowest BCUT2D eigenvalue weighted by atomic mass is 9.96. The molecule has 0 amide bonds. The lowest BCUT2D eigenvalue weighted by Gasteiger charge is -2.23. The van der Waals surface area contributed by atoms with Crippen LogP contribution in [-0.2, 0) is 6.42 Å². The van der Waals surface area contributed by atoms with E-state index < -0.39 is 0 Å². The van der Waals surface area contributed by atoms with Crippen LogP contribution in [0.1, 0.15) is 162 Å². The van der Waals surface area contributed by atoms with E-state index in [0.29, 0.717) is 0 Å². The molecule has 3 heteroatoms. The second-order valence-corrected chi connectivity index (χ2v) is 15.2. The summed E-state index contributed by atoms with van der Waals surface area (Å²) >= 11 is 3.84. The molecule has 1 radical (unpaired) electrons. The van der Waals surface area contributed by atoms with E-state index in [2.05, 4.69) is 57.3 Å². The molecule has 0 aliphatic carbocycles. The summed E-state index contributed by atoms with van der Waals surface area (Å²) in [5.74, 6) is 0. The molecule has 0 aliphatic rings. The number of unbranched alkanes of at least 4 members (excludes halogenated alkanes) is 17. The van der Waals surface area contributed by atoms with Crippen LogP contribution in [0.4, 0.5) is 5.69 Å². The number of thioether (sulfide) groups is 1. The zero-order valence-corrected chi connectivity index (χ0v) is 27.7. The molecule has 1 aromatic heterocycles. The number of anilines is 1. The number of aryl methyl sites for hydroxylation is 1. The van der Waals surface area contributed by atoms with Crippen LogP contribution in [0.3, 0.4) is 0 Å². The molecule has 221 valence electrons. The normalized spacial score (nSPS) is 11.9. The molecule has 2 aromatic rings. The predicted octanol–water partition coefficient (Wildman–Crippen LogP) is 13.1. The fraction of sp³-hybridized carbons (Fsp3) is 0.722. The van der Waals surface area contributed by atoms with Crippen LogP contribution in [0, 0.1) is 5.38 Å². The number of thiophene rings is 1. The van der Waals surface area contributed by atoms with E-state index in [9.17, 15) is 0 Å². The molecule has 0 atom stereocenters. The maximum Gasteiger partial charge on any atom is 0.0617 e. The molecule has 0 spiro atoms. The lowest BCUT2D eigenvalue weighted by molar-refractivity contribution is 0.520. The molecule has 39 heavy (non-hydrogen) atoms. The Morgan fingerprint density at radius 1 is 0.692 bits per heavy atom. The Labute approximate surface area is 251 Å². The van der Waals surface area contributed by atoms with Crippen molar-refractivity contribution in [1.29, 1.82) is 0 Å². The van der Waals surface area contributed by atoms with Crippen molar-refractivity contribution in [2.75, 3.05) is 5.73 Å². The molecule has 0 aliphatic heterocycles. The maximum absolute atomic E-state index is 6.17. The molecule has 0 bridgehead atoms. The second-order valence-electron chi connectivity index (χ2n) is 12.4. The SMILES string of the molecule is CCCCCCCCCCCCCCCC(C)(C)Sc1cc(-c2ccc(N)cc2CCCCCCCC)[c]s1. The average molecular weight is 571 g/mol. The van der Waals surface area contributed by atoms with E-state index in [0.717, 1.165) is 12.1 Å². The van der Waals surface area contributed by atoms with Crippen molar-refractivity contribution < 1.29 is 0 Å². The van der Waals surface area contributed by atoms with E-state index in [4.69, 9.17) is 5.73 Å². The molecule has 1 nitrogen and oxygen atoms in total. The summed E-state index contributed by atoms with van der Waals surface area (Å²) in [5, 5.41) is 3.62. The molecule has 1 heterocycles. The zero-order chi connectivity index (χ0) is 28.2. The van der Waals surface area contributed by atoms with Gasteiger partial charge in [0.15, 0.2) is 0 Å². The summed E-state index contributed by atoms with van der Waals surface area (Å²) in [7, 11) is 0. The highest BCUT2D eigenvalue weighted by molar-refractivity contribution is 8.02. The monoisotopic (exact) mass is 570 g/mol. The van der Waals surface area contributed by atoms with Crippen LogP contribution < -0.4 is 5.73 Å². The standard InChI is InChI=1S/C36H60NS2/c1-5-7-9-11-13-14-15-16-17-18-19-21-23-27-36(3,4)39-35-29-32(30-38-35)34-26-25-33(37)28-31(34)24-22-20-12-10-8-6-2/h25-26,28-29H,5-24,27,37H2,1-4H3. The number of rotatable bonds is 24. The van der Waals surface area contributed by atoms with E-state index in [1.165, 1.54) is 149 Å². The number of nitrogen functional groups attached to an aromatic ring is 1. The largest absolute Gasteiger partial charge is 0.399 e. The average Bonchev–Trinajstić information content (AvgIpc) is 3.36. The predicted molar refractivity (Wildman–Crippen MR) is 180 cm³/mol. The van der Waals surface area contributed by atoms with Gasteiger partial charge in [-0.05, 0) is 48.6 Å². The van der Waals surface area contributed by atoms with Gasteiger partial charge in [-0.15, -0.1) is 23.1 Å². The van der Waals surface area contributed by atoms with Gasteiger partial charge < -0.3 is 5.73 Å². The van der Waals surface area contributed by atoms with Crippen molar-refractivity contribution >= 4 is 28.8 Å². The summed E-state index contributed by atoms with van der Waals surface area (Å²) in [6.07, 6.45) is 28.8. The highest BCUT2D eigenvalue weighted by Gasteiger charge is 2.20. The van der Waals surface area contributed by atoms with Crippen LogP contribution in [0.5, 0.6) is 0 Å². The third-order valence-corrected chi connectivity index (χ3v) is 10.2. The van der Waals surface area contributed by atoms with Crippen molar-refractivity contribution in [1.82, 2.24) is 0 Å². The molecule has 2 N–H and O–H groups in total. The van der Waals surface area contributed by atoms with Crippen molar-refractivity contribution in [2.24, 2.45) is 0 Å². The summed E-state index contributed by atoms with van der Waals surface area (Å²) in [6.45, 7) is 9.42. The van der Waals surface area contributed by atoms with E-state index in [1.807, 2.05) is 11.8 Å². The Kier molecular flexibility index (Phi) is 18.3. The molecule has 0 saturated heterocycles. The number of nitrogens with two attached hydrogens (primary N) is 1. The van der Waals surface area contributed by atoms with Gasteiger partial charge in [-0.3, -0.25) is 0 Å². The van der Waals surface area contributed by atoms with Crippen molar-refractivity contribution in [2.45, 2.75) is 171 Å².